The first-order valence-electron chi connectivity index (χ1n) is 19.3. The number of hydrogen-bond donors (Lipinski definition) is 9. The van der Waals surface area contributed by atoms with Crippen molar-refractivity contribution in [3.63, 3.8) is 0 Å². The molecule has 0 heterocycles. The Morgan fingerprint density at radius 2 is 1.47 bits per heavy atom. The molecule has 3 atom stereocenters. The normalized spacial score (nSPS) is 12.8. The number of primary amides is 1. The van der Waals surface area contributed by atoms with Crippen LogP contribution in [0.1, 0.15) is 55.8 Å². The summed E-state index contributed by atoms with van der Waals surface area (Å²) in [5.41, 5.74) is 1.93. The topological polar surface area (TPSA) is 276 Å². The number of phenols is 1. The molecule has 0 saturated heterocycles. The minimum absolute atomic E-state index is 0.0238. The Kier molecular flexibility index (Phi) is 18.3. The molecule has 342 valence electrons. The summed E-state index contributed by atoms with van der Waals surface area (Å²) in [5.74, 6) is -4.66. The molecule has 0 radical (unpaired) electrons. The van der Waals surface area contributed by atoms with Crippen LogP contribution in [0.5, 0.6) is 11.5 Å². The summed E-state index contributed by atoms with van der Waals surface area (Å²) >= 11 is 5.41. The lowest BCUT2D eigenvalue weighted by molar-refractivity contribution is -0.132. The number of benzene rings is 4. The van der Waals surface area contributed by atoms with Crippen LogP contribution < -0.4 is 37.1 Å². The monoisotopic (exact) mass is 1080 g/mol. The van der Waals surface area contributed by atoms with Crippen molar-refractivity contribution in [3.8, 4) is 11.5 Å². The number of nitrogens with one attached hydrogen (secondary N) is 5. The van der Waals surface area contributed by atoms with Gasteiger partial charge in [0.15, 0.2) is 11.5 Å². The van der Waals surface area contributed by atoms with E-state index in [0.29, 0.717) is 21.2 Å². The molecule has 4 aromatic carbocycles. The Balaban J connectivity index is 1.58. The van der Waals surface area contributed by atoms with E-state index < -0.39 is 78.9 Å². The third kappa shape index (κ3) is 14.5. The van der Waals surface area contributed by atoms with E-state index in [9.17, 15) is 57.0 Å². The molecule has 0 spiro atoms. The predicted molar refractivity (Wildman–Crippen MR) is 241 cm³/mol. The number of alkyl halides is 2. The Morgan fingerprint density at radius 1 is 0.828 bits per heavy atom. The lowest BCUT2D eigenvalue weighted by Gasteiger charge is -2.25. The van der Waals surface area contributed by atoms with E-state index in [1.807, 2.05) is 0 Å². The molecule has 0 aliphatic heterocycles. The fraction of sp³-hybridized carbons (Fsp3) is 0.286. The Morgan fingerprint density at radius 3 is 2.09 bits per heavy atom. The van der Waals surface area contributed by atoms with Crippen LogP contribution >= 0.6 is 46.1 Å². The predicted octanol–water partition coefficient (Wildman–Crippen LogP) is 3.67. The van der Waals surface area contributed by atoms with Gasteiger partial charge in [-0.15, -0.1) is 0 Å². The van der Waals surface area contributed by atoms with Crippen LogP contribution in [0.4, 0.5) is 8.78 Å². The standard InChI is InChI=1S/C42H45BrF2IN6O11P/c1-23-17-27(11-14-30(23)43)39(57)51-32(18-24-8-12-28(13-9-24)42(44,45)64(60,61)62)41(59)50-31(7-4-16-48-38(56)26-5-3-6-29(46)21-26)40(58)52-33(37(47)55)22-49-36(54)20-25-10-15-34(53)35(19-25)63-2/h3,5-6,8-15,17,19,21,31-33,53H,4,7,16,18,20,22H2,1-2H3,(H2,47,55)(H,48,56)(H,49,54)(H,50,59)(H,51,57)(H,52,58)(H2,60,61,62)/t31-,32-,33+/m0/s1. The molecule has 0 aliphatic rings. The van der Waals surface area contributed by atoms with Gasteiger partial charge >= 0.3 is 13.3 Å². The smallest absolute Gasteiger partial charge is 0.399 e. The van der Waals surface area contributed by atoms with Crippen LogP contribution in [0.25, 0.3) is 0 Å². The van der Waals surface area contributed by atoms with Gasteiger partial charge in [0.25, 0.3) is 11.8 Å². The Bertz CT molecular complexity index is 2430. The number of ether oxygens (including phenoxy) is 1. The maximum atomic E-state index is 14.4. The van der Waals surface area contributed by atoms with Gasteiger partial charge in [0.2, 0.25) is 23.6 Å². The summed E-state index contributed by atoms with van der Waals surface area (Å²) in [5, 5.41) is 22.7. The van der Waals surface area contributed by atoms with Gasteiger partial charge in [0.1, 0.15) is 18.1 Å². The first-order chi connectivity index (χ1) is 30.1. The SMILES string of the molecule is COc1cc(CC(=O)NC[C@@H](NC(=O)[C@H](CCCNC(=O)c2cccc(I)c2)NC(=O)[C@H](Cc2ccc(C(F)(F)P(=O)(O)O)cc2)NC(=O)c2ccc(Br)c(C)c2)C(N)=O)ccc1O. The summed E-state index contributed by atoms with van der Waals surface area (Å²) in [7, 11) is -4.56. The number of carbonyl (C=O) groups is 6. The quantitative estimate of drug-likeness (QED) is 0.0330. The van der Waals surface area contributed by atoms with Crippen molar-refractivity contribution in [2.24, 2.45) is 5.73 Å². The summed E-state index contributed by atoms with van der Waals surface area (Å²) < 4.78 is 46.9. The van der Waals surface area contributed by atoms with Crippen LogP contribution in [-0.2, 0) is 42.2 Å². The number of amides is 6. The van der Waals surface area contributed by atoms with Gasteiger partial charge in [0, 0.05) is 44.2 Å². The van der Waals surface area contributed by atoms with Crippen LogP contribution in [0.2, 0.25) is 0 Å². The number of aromatic hydroxyl groups is 1. The average Bonchev–Trinajstić information content (AvgIpc) is 3.24. The molecule has 0 saturated carbocycles. The zero-order valence-corrected chi connectivity index (χ0v) is 38.8. The molecule has 0 unspecified atom stereocenters. The van der Waals surface area contributed by atoms with Gasteiger partial charge in [-0.25, -0.2) is 0 Å². The summed E-state index contributed by atoms with van der Waals surface area (Å²) in [4.78, 5) is 98.2. The van der Waals surface area contributed by atoms with Crippen molar-refractivity contribution < 1.29 is 61.7 Å². The highest BCUT2D eigenvalue weighted by Crippen LogP contribution is 2.59. The summed E-state index contributed by atoms with van der Waals surface area (Å²) in [6.07, 6.45) is -0.627. The van der Waals surface area contributed by atoms with Crippen LogP contribution in [0.15, 0.2) is 89.4 Å². The Labute approximate surface area is 388 Å². The molecular formula is C42H45BrF2IN6O11P. The number of phenolic OH excluding ortho intramolecular Hbond substituents is 1. The minimum Gasteiger partial charge on any atom is -0.504 e. The number of methoxy groups -OCH3 is 1. The van der Waals surface area contributed by atoms with Crippen molar-refractivity contribution in [2.45, 2.75) is 56.4 Å². The highest BCUT2D eigenvalue weighted by Gasteiger charge is 2.50. The van der Waals surface area contributed by atoms with Crippen molar-refractivity contribution in [1.82, 2.24) is 26.6 Å². The van der Waals surface area contributed by atoms with Crippen molar-refractivity contribution in [3.05, 3.63) is 126 Å². The van der Waals surface area contributed by atoms with Crippen molar-refractivity contribution in [1.29, 1.82) is 0 Å². The lowest BCUT2D eigenvalue weighted by atomic mass is 10.0. The van der Waals surface area contributed by atoms with Gasteiger partial charge < -0.3 is 51.9 Å². The number of rotatable bonds is 21. The number of halogens is 4. The van der Waals surface area contributed by atoms with E-state index in [0.717, 1.165) is 27.8 Å². The van der Waals surface area contributed by atoms with Gasteiger partial charge in [-0.1, -0.05) is 52.3 Å². The lowest BCUT2D eigenvalue weighted by Crippen LogP contribution is -2.58. The van der Waals surface area contributed by atoms with Crippen molar-refractivity contribution >= 4 is 81.6 Å². The second-order valence-corrected chi connectivity index (χ2v) is 18.1. The molecule has 0 aliphatic carbocycles. The number of aryl methyl sites for hydroxylation is 1. The van der Waals surface area contributed by atoms with E-state index in [1.165, 1.54) is 31.4 Å². The molecule has 10 N–H and O–H groups in total. The largest absolute Gasteiger partial charge is 0.504 e. The molecule has 4 rings (SSSR count). The number of hydrogen-bond acceptors (Lipinski definition) is 9. The molecule has 64 heavy (non-hydrogen) atoms. The zero-order valence-electron chi connectivity index (χ0n) is 34.2. The molecule has 17 nitrogen and oxygen atoms in total. The number of carbonyl (C=O) groups excluding carboxylic acids is 6. The van der Waals surface area contributed by atoms with Crippen LogP contribution in [0, 0.1) is 10.5 Å². The first-order valence-corrected chi connectivity index (χ1v) is 22.7. The van der Waals surface area contributed by atoms with E-state index in [-0.39, 0.29) is 54.9 Å². The molecule has 4 aromatic rings. The first kappa shape index (κ1) is 51.2. The van der Waals surface area contributed by atoms with Gasteiger partial charge in [-0.2, -0.15) is 8.78 Å². The molecule has 0 aromatic heterocycles. The fourth-order valence-electron chi connectivity index (χ4n) is 6.05. The van der Waals surface area contributed by atoms with E-state index in [2.05, 4.69) is 65.1 Å². The molecule has 6 amide bonds. The maximum absolute atomic E-state index is 14.4. The van der Waals surface area contributed by atoms with E-state index >= 15 is 0 Å². The van der Waals surface area contributed by atoms with E-state index in [4.69, 9.17) is 10.5 Å². The average molecular weight is 1090 g/mol. The van der Waals surface area contributed by atoms with Crippen LogP contribution in [0.3, 0.4) is 0 Å². The van der Waals surface area contributed by atoms with Gasteiger partial charge in [0.05, 0.1) is 13.5 Å². The number of nitrogens with two attached hydrogens (primary N) is 1. The second-order valence-electron chi connectivity index (χ2n) is 14.4. The van der Waals surface area contributed by atoms with Crippen molar-refractivity contribution in [2.75, 3.05) is 20.2 Å². The van der Waals surface area contributed by atoms with Gasteiger partial charge in [-0.3, -0.25) is 33.3 Å². The molecule has 0 bridgehead atoms. The highest BCUT2D eigenvalue weighted by atomic mass is 127. The Hall–Kier alpha value is -5.48. The third-order valence-corrected chi connectivity index (χ3v) is 12.1. The third-order valence-electron chi connectivity index (χ3n) is 9.60. The fourth-order valence-corrected chi connectivity index (χ4v) is 7.33. The summed E-state index contributed by atoms with van der Waals surface area (Å²) in [6.45, 7) is 1.28. The second kappa shape index (κ2) is 22.9. The molecule has 22 heteroatoms. The van der Waals surface area contributed by atoms with Crippen LogP contribution in [-0.4, -0.2) is 88.7 Å². The summed E-state index contributed by atoms with van der Waals surface area (Å²) in [6, 6.07) is 15.0. The molecule has 0 fully saturated rings. The molecular weight excluding hydrogens is 1040 g/mol. The van der Waals surface area contributed by atoms with E-state index in [1.54, 1.807) is 43.3 Å². The highest BCUT2D eigenvalue weighted by molar-refractivity contribution is 14.1. The minimum atomic E-state index is -5.90. The zero-order chi connectivity index (χ0) is 47.4. The van der Waals surface area contributed by atoms with Gasteiger partial charge in [-0.05, 0) is 108 Å². The maximum Gasteiger partial charge on any atom is 0.399 e.